The van der Waals surface area contributed by atoms with Crippen molar-refractivity contribution < 1.29 is 18.7 Å². The molecule has 3 aromatic rings. The molecule has 2 aromatic heterocycles. The van der Waals surface area contributed by atoms with Crippen molar-refractivity contribution >= 4 is 28.7 Å². The predicted octanol–water partition coefficient (Wildman–Crippen LogP) is 2.55. The first-order chi connectivity index (χ1) is 13.4. The van der Waals surface area contributed by atoms with Crippen LogP contribution in [0.2, 0.25) is 0 Å². The van der Waals surface area contributed by atoms with Crippen molar-refractivity contribution in [2.45, 2.75) is 19.9 Å². The van der Waals surface area contributed by atoms with Crippen LogP contribution in [0.15, 0.2) is 37.1 Å². The van der Waals surface area contributed by atoms with Gasteiger partial charge in [0.15, 0.2) is 17.3 Å². The second-order valence-corrected chi connectivity index (χ2v) is 6.05. The fraction of sp³-hybridized carbons (Fsp3) is 0.167. The minimum atomic E-state index is -0.663. The van der Waals surface area contributed by atoms with E-state index in [4.69, 9.17) is 4.74 Å². The molecule has 28 heavy (non-hydrogen) atoms. The van der Waals surface area contributed by atoms with E-state index in [1.807, 2.05) is 13.8 Å². The van der Waals surface area contributed by atoms with E-state index in [0.717, 1.165) is 12.1 Å². The number of anilines is 1. The molecule has 0 saturated heterocycles. The lowest BCUT2D eigenvalue weighted by molar-refractivity contribution is -0.111. The lowest BCUT2D eigenvalue weighted by Gasteiger charge is -2.09. The van der Waals surface area contributed by atoms with Gasteiger partial charge < -0.3 is 15.4 Å². The number of halogens is 1. The number of fused-ring (bicyclic) bond motifs is 1. The fourth-order valence-electron chi connectivity index (χ4n) is 2.29. The zero-order valence-electron chi connectivity index (χ0n) is 15.1. The zero-order chi connectivity index (χ0) is 20.3. The standard InChI is InChI=1S/C18H17FN6O3/c1-4-13(26)22-10-5-6-11(19)12(7-10)28-14-8-20-17-15(23-14)16(24-25-17)18(27)21-9(2)3/h4-9H,1H2,2-3H3,(H,21,27)(H,22,26)(H,20,24,25). The monoisotopic (exact) mass is 384 g/mol. The zero-order valence-corrected chi connectivity index (χ0v) is 15.1. The third kappa shape index (κ3) is 4.11. The second-order valence-electron chi connectivity index (χ2n) is 6.05. The fourth-order valence-corrected chi connectivity index (χ4v) is 2.29. The van der Waals surface area contributed by atoms with Gasteiger partial charge in [0.1, 0.15) is 5.52 Å². The van der Waals surface area contributed by atoms with Crippen molar-refractivity contribution in [1.29, 1.82) is 0 Å². The third-order valence-corrected chi connectivity index (χ3v) is 3.49. The van der Waals surface area contributed by atoms with Crippen LogP contribution in [0.25, 0.3) is 11.2 Å². The Morgan fingerprint density at radius 3 is 2.86 bits per heavy atom. The normalized spacial score (nSPS) is 10.7. The smallest absolute Gasteiger partial charge is 0.271 e. The number of H-pyrrole nitrogens is 1. The van der Waals surface area contributed by atoms with Crippen molar-refractivity contribution in [1.82, 2.24) is 25.5 Å². The topological polar surface area (TPSA) is 122 Å². The van der Waals surface area contributed by atoms with Gasteiger partial charge in [-0.3, -0.25) is 14.7 Å². The van der Waals surface area contributed by atoms with Crippen molar-refractivity contribution in [2.75, 3.05) is 5.32 Å². The van der Waals surface area contributed by atoms with Gasteiger partial charge in [-0.25, -0.2) is 14.4 Å². The number of carbonyl (C=O) groups is 2. The number of amides is 2. The number of benzene rings is 1. The van der Waals surface area contributed by atoms with Crippen molar-refractivity contribution in [2.24, 2.45) is 0 Å². The number of ether oxygens (including phenoxy) is 1. The second kappa shape index (κ2) is 7.82. The maximum atomic E-state index is 14.1. The van der Waals surface area contributed by atoms with Crippen LogP contribution in [0.3, 0.4) is 0 Å². The van der Waals surface area contributed by atoms with Gasteiger partial charge in [-0.1, -0.05) is 6.58 Å². The Kier molecular flexibility index (Phi) is 5.30. The summed E-state index contributed by atoms with van der Waals surface area (Å²) >= 11 is 0. The third-order valence-electron chi connectivity index (χ3n) is 3.49. The molecule has 144 valence electrons. The van der Waals surface area contributed by atoms with Crippen LogP contribution in [0.4, 0.5) is 10.1 Å². The average Bonchev–Trinajstić information content (AvgIpc) is 3.07. The number of hydrogen-bond donors (Lipinski definition) is 3. The molecule has 2 heterocycles. The van der Waals surface area contributed by atoms with Crippen LogP contribution in [-0.4, -0.2) is 38.0 Å². The highest BCUT2D eigenvalue weighted by atomic mass is 19.1. The summed E-state index contributed by atoms with van der Waals surface area (Å²) in [4.78, 5) is 31.9. The van der Waals surface area contributed by atoms with Crippen LogP contribution in [-0.2, 0) is 4.79 Å². The first-order valence-corrected chi connectivity index (χ1v) is 8.30. The van der Waals surface area contributed by atoms with Crippen LogP contribution >= 0.6 is 0 Å². The maximum absolute atomic E-state index is 14.1. The van der Waals surface area contributed by atoms with Gasteiger partial charge in [0.2, 0.25) is 17.4 Å². The predicted molar refractivity (Wildman–Crippen MR) is 99.6 cm³/mol. The van der Waals surface area contributed by atoms with E-state index < -0.39 is 17.6 Å². The molecule has 3 N–H and O–H groups in total. The number of hydrogen-bond acceptors (Lipinski definition) is 6. The van der Waals surface area contributed by atoms with Crippen LogP contribution in [0.5, 0.6) is 11.6 Å². The molecule has 0 unspecified atom stereocenters. The first kappa shape index (κ1) is 19.0. The van der Waals surface area contributed by atoms with Crippen LogP contribution < -0.4 is 15.4 Å². The molecule has 10 heteroatoms. The molecule has 0 aliphatic heterocycles. The summed E-state index contributed by atoms with van der Waals surface area (Å²) in [5.74, 6) is -1.73. The lowest BCUT2D eigenvalue weighted by atomic mass is 10.3. The van der Waals surface area contributed by atoms with Crippen LogP contribution in [0, 0.1) is 5.82 Å². The summed E-state index contributed by atoms with van der Waals surface area (Å²) in [6.45, 7) is 6.99. The van der Waals surface area contributed by atoms with E-state index in [1.54, 1.807) is 0 Å². The minimum absolute atomic E-state index is 0.0430. The summed E-state index contributed by atoms with van der Waals surface area (Å²) in [5.41, 5.74) is 0.839. The molecule has 0 aliphatic rings. The van der Waals surface area contributed by atoms with Gasteiger partial charge in [-0.15, -0.1) is 0 Å². The molecular weight excluding hydrogens is 367 g/mol. The molecule has 0 atom stereocenters. The molecule has 9 nitrogen and oxygen atoms in total. The van der Waals surface area contributed by atoms with E-state index in [9.17, 15) is 14.0 Å². The summed E-state index contributed by atoms with van der Waals surface area (Å²) in [7, 11) is 0. The van der Waals surface area contributed by atoms with Crippen molar-refractivity contribution in [3.63, 3.8) is 0 Å². The van der Waals surface area contributed by atoms with Gasteiger partial charge in [-0.05, 0) is 32.1 Å². The van der Waals surface area contributed by atoms with Gasteiger partial charge in [0.05, 0.1) is 6.20 Å². The molecule has 0 bridgehead atoms. The SMILES string of the molecule is C=CC(=O)Nc1ccc(F)c(Oc2cnc3n[nH]c(C(=O)NC(C)C)c3n2)c1. The van der Waals surface area contributed by atoms with Gasteiger partial charge in [0, 0.05) is 17.8 Å². The van der Waals surface area contributed by atoms with E-state index in [2.05, 4.69) is 37.4 Å². The van der Waals surface area contributed by atoms with Gasteiger partial charge in [0.25, 0.3) is 5.91 Å². The van der Waals surface area contributed by atoms with E-state index >= 15 is 0 Å². The molecule has 2 amide bonds. The highest BCUT2D eigenvalue weighted by molar-refractivity contribution is 6.02. The summed E-state index contributed by atoms with van der Waals surface area (Å²) in [5, 5.41) is 11.7. The Hall–Kier alpha value is -3.82. The molecule has 3 rings (SSSR count). The minimum Gasteiger partial charge on any atom is -0.434 e. The number of nitrogens with one attached hydrogen (secondary N) is 3. The van der Waals surface area contributed by atoms with Gasteiger partial charge in [-0.2, -0.15) is 5.10 Å². The highest BCUT2D eigenvalue weighted by Gasteiger charge is 2.18. The number of aromatic amines is 1. The Balaban J connectivity index is 1.90. The van der Waals surface area contributed by atoms with E-state index in [-0.39, 0.29) is 34.5 Å². The Morgan fingerprint density at radius 2 is 2.14 bits per heavy atom. The van der Waals surface area contributed by atoms with Crippen molar-refractivity contribution in [3.8, 4) is 11.6 Å². The number of nitrogens with zero attached hydrogens (tertiary/aromatic N) is 3. The number of rotatable bonds is 6. The molecule has 0 saturated carbocycles. The molecule has 0 spiro atoms. The Morgan fingerprint density at radius 1 is 1.36 bits per heavy atom. The summed E-state index contributed by atoms with van der Waals surface area (Å²) in [6.07, 6.45) is 2.34. The van der Waals surface area contributed by atoms with Crippen LogP contribution in [0.1, 0.15) is 24.3 Å². The molecule has 0 radical (unpaired) electrons. The maximum Gasteiger partial charge on any atom is 0.271 e. The Bertz CT molecular complexity index is 1060. The molecular formula is C18H17FN6O3. The first-order valence-electron chi connectivity index (χ1n) is 8.30. The molecule has 1 aromatic carbocycles. The van der Waals surface area contributed by atoms with Gasteiger partial charge >= 0.3 is 0 Å². The Labute approximate surface area is 159 Å². The molecule has 0 aliphatic carbocycles. The number of carbonyl (C=O) groups excluding carboxylic acids is 2. The van der Waals surface area contributed by atoms with E-state index in [1.165, 1.54) is 18.3 Å². The highest BCUT2D eigenvalue weighted by Crippen LogP contribution is 2.27. The summed E-state index contributed by atoms with van der Waals surface area (Å²) < 4.78 is 19.5. The molecule has 0 fully saturated rings. The lowest BCUT2D eigenvalue weighted by Crippen LogP contribution is -2.30. The van der Waals surface area contributed by atoms with E-state index in [0.29, 0.717) is 5.69 Å². The average molecular weight is 384 g/mol. The van der Waals surface area contributed by atoms with Crippen molar-refractivity contribution in [3.05, 3.63) is 48.6 Å². The number of aromatic nitrogens is 4. The summed E-state index contributed by atoms with van der Waals surface area (Å²) in [6, 6.07) is 3.73. The largest absolute Gasteiger partial charge is 0.434 e. The quantitative estimate of drug-likeness (QED) is 0.562.